The lowest BCUT2D eigenvalue weighted by atomic mass is 10.1. The molecule has 1 atom stereocenters. The molecule has 0 saturated heterocycles. The first-order valence-electron chi connectivity index (χ1n) is 7.31. The SMILES string of the molecule is CSc1cc(C)ccc1CNC(=O)[C@@H](N)Cc1ccccc1. The minimum atomic E-state index is -0.523. The normalized spacial score (nSPS) is 12.0. The first-order chi connectivity index (χ1) is 10.6. The fourth-order valence-electron chi connectivity index (χ4n) is 2.27. The van der Waals surface area contributed by atoms with Gasteiger partial charge in [0.1, 0.15) is 0 Å². The lowest BCUT2D eigenvalue weighted by molar-refractivity contribution is -0.122. The van der Waals surface area contributed by atoms with Gasteiger partial charge in [0.05, 0.1) is 6.04 Å². The highest BCUT2D eigenvalue weighted by molar-refractivity contribution is 7.98. The topological polar surface area (TPSA) is 55.1 Å². The predicted molar refractivity (Wildman–Crippen MR) is 92.9 cm³/mol. The molecule has 0 aliphatic rings. The molecule has 0 aromatic heterocycles. The van der Waals surface area contributed by atoms with Gasteiger partial charge in [-0.1, -0.05) is 42.5 Å². The van der Waals surface area contributed by atoms with Gasteiger partial charge in [0, 0.05) is 11.4 Å². The molecule has 0 bridgehead atoms. The molecule has 1 amide bonds. The van der Waals surface area contributed by atoms with E-state index < -0.39 is 6.04 Å². The van der Waals surface area contributed by atoms with Crippen molar-refractivity contribution in [1.29, 1.82) is 0 Å². The fraction of sp³-hybridized carbons (Fsp3) is 0.278. The smallest absolute Gasteiger partial charge is 0.237 e. The highest BCUT2D eigenvalue weighted by atomic mass is 32.2. The van der Waals surface area contributed by atoms with Crippen LogP contribution in [0.4, 0.5) is 0 Å². The van der Waals surface area contributed by atoms with E-state index in [1.807, 2.05) is 36.6 Å². The molecule has 0 spiro atoms. The molecule has 0 saturated carbocycles. The van der Waals surface area contributed by atoms with Crippen LogP contribution in [0.2, 0.25) is 0 Å². The van der Waals surface area contributed by atoms with Crippen LogP contribution in [0.15, 0.2) is 53.4 Å². The summed E-state index contributed by atoms with van der Waals surface area (Å²) in [6.07, 6.45) is 2.59. The molecule has 4 heteroatoms. The Labute approximate surface area is 136 Å². The van der Waals surface area contributed by atoms with Crippen LogP contribution in [0, 0.1) is 6.92 Å². The number of rotatable bonds is 6. The van der Waals surface area contributed by atoms with Crippen molar-refractivity contribution in [2.24, 2.45) is 5.73 Å². The zero-order valence-corrected chi connectivity index (χ0v) is 13.8. The summed E-state index contributed by atoms with van der Waals surface area (Å²) < 4.78 is 0. The molecule has 22 heavy (non-hydrogen) atoms. The molecule has 0 aliphatic heterocycles. The number of hydrogen-bond donors (Lipinski definition) is 2. The van der Waals surface area contributed by atoms with Crippen molar-refractivity contribution >= 4 is 17.7 Å². The standard InChI is InChI=1S/C18H22N2OS/c1-13-8-9-15(17(10-13)22-2)12-20-18(21)16(19)11-14-6-4-3-5-7-14/h3-10,16H,11-12,19H2,1-2H3,(H,20,21)/t16-/m0/s1. The fourth-order valence-corrected chi connectivity index (χ4v) is 2.98. The van der Waals surface area contributed by atoms with Crippen molar-refractivity contribution in [2.45, 2.75) is 30.8 Å². The molecule has 2 aromatic rings. The quantitative estimate of drug-likeness (QED) is 0.806. The third kappa shape index (κ3) is 4.61. The second-order valence-corrected chi connectivity index (χ2v) is 6.18. The number of benzene rings is 2. The number of nitrogens with one attached hydrogen (secondary N) is 1. The van der Waals surface area contributed by atoms with Gasteiger partial charge in [0.2, 0.25) is 5.91 Å². The lowest BCUT2D eigenvalue weighted by Crippen LogP contribution is -2.41. The molecule has 2 rings (SSSR count). The van der Waals surface area contributed by atoms with Crippen LogP contribution in [0.3, 0.4) is 0 Å². The van der Waals surface area contributed by atoms with Gasteiger partial charge in [-0.25, -0.2) is 0 Å². The number of aryl methyl sites for hydroxylation is 1. The number of carbonyl (C=O) groups is 1. The maximum atomic E-state index is 12.1. The summed E-state index contributed by atoms with van der Waals surface area (Å²) in [5.74, 6) is -0.114. The number of hydrogen-bond acceptors (Lipinski definition) is 3. The Morgan fingerprint density at radius 3 is 2.64 bits per heavy atom. The van der Waals surface area contributed by atoms with Crippen molar-refractivity contribution in [3.05, 3.63) is 65.2 Å². The van der Waals surface area contributed by atoms with E-state index in [-0.39, 0.29) is 5.91 Å². The summed E-state index contributed by atoms with van der Waals surface area (Å²) in [7, 11) is 0. The van der Waals surface area contributed by atoms with Crippen LogP contribution in [0.25, 0.3) is 0 Å². The number of thioether (sulfide) groups is 1. The minimum absolute atomic E-state index is 0.114. The van der Waals surface area contributed by atoms with Crippen molar-refractivity contribution in [3.8, 4) is 0 Å². The Morgan fingerprint density at radius 1 is 1.23 bits per heavy atom. The van der Waals surface area contributed by atoms with Crippen molar-refractivity contribution in [1.82, 2.24) is 5.32 Å². The molecule has 0 fully saturated rings. The summed E-state index contributed by atoms with van der Waals surface area (Å²) in [6, 6.07) is 15.6. The Balaban J connectivity index is 1.92. The van der Waals surface area contributed by atoms with E-state index in [0.717, 1.165) is 11.1 Å². The molecular weight excluding hydrogens is 292 g/mol. The third-order valence-electron chi connectivity index (χ3n) is 3.53. The van der Waals surface area contributed by atoms with Crippen molar-refractivity contribution < 1.29 is 4.79 Å². The van der Waals surface area contributed by atoms with E-state index in [1.165, 1.54) is 10.5 Å². The molecule has 3 N–H and O–H groups in total. The van der Waals surface area contributed by atoms with Gasteiger partial charge >= 0.3 is 0 Å². The highest BCUT2D eigenvalue weighted by Crippen LogP contribution is 2.21. The molecule has 116 valence electrons. The Bertz CT molecular complexity index is 628. The zero-order chi connectivity index (χ0) is 15.9. The van der Waals surface area contributed by atoms with Gasteiger partial charge in [-0.3, -0.25) is 4.79 Å². The van der Waals surface area contributed by atoms with E-state index in [9.17, 15) is 4.79 Å². The lowest BCUT2D eigenvalue weighted by Gasteiger charge is -2.14. The molecular formula is C18H22N2OS. The summed E-state index contributed by atoms with van der Waals surface area (Å²) >= 11 is 1.69. The van der Waals surface area contributed by atoms with Crippen molar-refractivity contribution in [3.63, 3.8) is 0 Å². The van der Waals surface area contributed by atoms with Gasteiger partial charge in [0.15, 0.2) is 0 Å². The van der Waals surface area contributed by atoms with E-state index in [1.54, 1.807) is 11.8 Å². The second kappa shape index (κ2) is 8.01. The van der Waals surface area contributed by atoms with Gasteiger partial charge in [0.25, 0.3) is 0 Å². The maximum absolute atomic E-state index is 12.1. The van der Waals surface area contributed by atoms with Crippen LogP contribution in [0.5, 0.6) is 0 Å². The highest BCUT2D eigenvalue weighted by Gasteiger charge is 2.14. The number of amides is 1. The summed E-state index contributed by atoms with van der Waals surface area (Å²) in [5, 5.41) is 2.94. The monoisotopic (exact) mass is 314 g/mol. The average molecular weight is 314 g/mol. The van der Waals surface area contributed by atoms with Crippen LogP contribution in [-0.2, 0) is 17.8 Å². The van der Waals surface area contributed by atoms with Gasteiger partial charge < -0.3 is 11.1 Å². The molecule has 0 radical (unpaired) electrons. The zero-order valence-electron chi connectivity index (χ0n) is 13.0. The van der Waals surface area contributed by atoms with Crippen LogP contribution >= 0.6 is 11.8 Å². The first-order valence-corrected chi connectivity index (χ1v) is 8.53. The van der Waals surface area contributed by atoms with E-state index in [0.29, 0.717) is 13.0 Å². The summed E-state index contributed by atoms with van der Waals surface area (Å²) in [5.41, 5.74) is 9.41. The Hall–Kier alpha value is -1.78. The second-order valence-electron chi connectivity index (χ2n) is 5.33. The summed E-state index contributed by atoms with van der Waals surface area (Å²) in [6.45, 7) is 2.58. The molecule has 0 heterocycles. The molecule has 0 unspecified atom stereocenters. The van der Waals surface area contributed by atoms with Crippen LogP contribution in [0.1, 0.15) is 16.7 Å². The Kier molecular flexibility index (Phi) is 6.04. The van der Waals surface area contributed by atoms with Crippen LogP contribution in [-0.4, -0.2) is 18.2 Å². The van der Waals surface area contributed by atoms with Gasteiger partial charge in [-0.2, -0.15) is 0 Å². The first kappa shape index (κ1) is 16.6. The molecule has 3 nitrogen and oxygen atoms in total. The largest absolute Gasteiger partial charge is 0.351 e. The van der Waals surface area contributed by atoms with Crippen LogP contribution < -0.4 is 11.1 Å². The molecule has 0 aliphatic carbocycles. The summed E-state index contributed by atoms with van der Waals surface area (Å²) in [4.78, 5) is 13.3. The maximum Gasteiger partial charge on any atom is 0.237 e. The van der Waals surface area contributed by atoms with Crippen molar-refractivity contribution in [2.75, 3.05) is 6.26 Å². The Morgan fingerprint density at radius 2 is 1.95 bits per heavy atom. The van der Waals surface area contributed by atoms with E-state index in [4.69, 9.17) is 5.73 Å². The minimum Gasteiger partial charge on any atom is -0.351 e. The molecule has 2 aromatic carbocycles. The third-order valence-corrected chi connectivity index (χ3v) is 4.35. The predicted octanol–water partition coefficient (Wildman–Crippen LogP) is 2.90. The van der Waals surface area contributed by atoms with Gasteiger partial charge in [-0.05, 0) is 42.4 Å². The van der Waals surface area contributed by atoms with E-state index >= 15 is 0 Å². The van der Waals surface area contributed by atoms with E-state index in [2.05, 4.69) is 30.4 Å². The average Bonchev–Trinajstić information content (AvgIpc) is 2.54. The number of nitrogens with two attached hydrogens (primary N) is 1. The van der Waals surface area contributed by atoms with Gasteiger partial charge in [-0.15, -0.1) is 11.8 Å². The number of carbonyl (C=O) groups excluding carboxylic acids is 1.